The lowest BCUT2D eigenvalue weighted by molar-refractivity contribution is -0.123. The van der Waals surface area contributed by atoms with E-state index >= 15 is 0 Å². The Balaban J connectivity index is 0.00000139. The van der Waals surface area contributed by atoms with Crippen LogP contribution in [0.5, 0.6) is 0 Å². The van der Waals surface area contributed by atoms with Gasteiger partial charge in [0.05, 0.1) is 5.41 Å². The van der Waals surface area contributed by atoms with Crippen LogP contribution in [0.4, 0.5) is 0 Å². The van der Waals surface area contributed by atoms with Crippen LogP contribution in [0.25, 0.3) is 0 Å². The van der Waals surface area contributed by atoms with E-state index in [-0.39, 0.29) is 5.78 Å². The van der Waals surface area contributed by atoms with Gasteiger partial charge in [-0.1, -0.05) is 63.2 Å². The number of hydrogen-bond acceptors (Lipinski definition) is 2. The molecule has 2 nitrogen and oxygen atoms in total. The highest BCUT2D eigenvalue weighted by Gasteiger charge is 2.40. The first-order valence-corrected chi connectivity index (χ1v) is 8.73. The Morgan fingerprint density at radius 3 is 2.21 bits per heavy atom. The molecule has 0 saturated heterocycles. The number of nitrogens with zero attached hydrogens (tertiary/aromatic N) is 1. The number of hydrogen-bond donors (Lipinski definition) is 0. The summed E-state index contributed by atoms with van der Waals surface area (Å²) in [5, 5.41) is 0. The number of rotatable bonds is 7. The van der Waals surface area contributed by atoms with Crippen LogP contribution in [0.3, 0.4) is 0 Å². The van der Waals surface area contributed by atoms with E-state index in [1.165, 1.54) is 0 Å². The predicted molar refractivity (Wildman–Crippen MR) is 101 cm³/mol. The SMILES string of the molecule is CC.CCC(=O)C(CCN(C)C)(c1cc#ccc1)c1ccccc1. The minimum atomic E-state index is -0.605. The quantitative estimate of drug-likeness (QED) is 0.746. The Morgan fingerprint density at radius 1 is 1.04 bits per heavy atom. The lowest BCUT2D eigenvalue weighted by atomic mass is 9.68. The van der Waals surface area contributed by atoms with Crippen molar-refractivity contribution in [1.29, 1.82) is 0 Å². The Morgan fingerprint density at radius 2 is 1.71 bits per heavy atom. The van der Waals surface area contributed by atoms with Crippen LogP contribution in [0, 0.1) is 12.1 Å². The van der Waals surface area contributed by atoms with Gasteiger partial charge in [-0.25, -0.2) is 0 Å². The fourth-order valence-corrected chi connectivity index (χ4v) is 2.95. The highest BCUT2D eigenvalue weighted by atomic mass is 16.1. The number of Topliss-reactive ketones (excluding diaryl/α,β-unsaturated/α-hetero) is 1. The number of benzene rings is 1. The van der Waals surface area contributed by atoms with Crippen LogP contribution >= 0.6 is 0 Å². The van der Waals surface area contributed by atoms with Crippen LogP contribution in [0.1, 0.15) is 44.7 Å². The molecule has 0 aliphatic rings. The van der Waals surface area contributed by atoms with Gasteiger partial charge < -0.3 is 4.90 Å². The molecule has 1 atom stereocenters. The molecular weight excluding hydrogens is 294 g/mol. The third-order valence-corrected chi connectivity index (χ3v) is 4.15. The normalized spacial score (nSPS) is 10.6. The molecule has 0 spiro atoms. The summed E-state index contributed by atoms with van der Waals surface area (Å²) < 4.78 is 0. The molecule has 0 bridgehead atoms. The van der Waals surface area contributed by atoms with Crippen molar-refractivity contribution >= 4 is 5.78 Å². The summed E-state index contributed by atoms with van der Waals surface area (Å²) in [5.74, 6) is 0.250. The van der Waals surface area contributed by atoms with E-state index in [1.807, 2.05) is 71.3 Å². The van der Waals surface area contributed by atoms with Gasteiger partial charge in [0, 0.05) is 6.42 Å². The molecule has 0 heterocycles. The summed E-state index contributed by atoms with van der Waals surface area (Å²) in [6, 6.07) is 21.8. The molecule has 2 aromatic rings. The molecule has 24 heavy (non-hydrogen) atoms. The molecule has 0 N–H and O–H groups in total. The predicted octanol–water partition coefficient (Wildman–Crippen LogP) is 4.53. The summed E-state index contributed by atoms with van der Waals surface area (Å²) in [7, 11) is 4.08. The van der Waals surface area contributed by atoms with Gasteiger partial charge in [0.2, 0.25) is 0 Å². The maximum absolute atomic E-state index is 13.0. The summed E-state index contributed by atoms with van der Waals surface area (Å²) >= 11 is 0. The van der Waals surface area contributed by atoms with Gasteiger partial charge in [-0.15, -0.1) is 0 Å². The van der Waals surface area contributed by atoms with Crippen molar-refractivity contribution in [3.8, 4) is 0 Å². The smallest absolute Gasteiger partial charge is 0.147 e. The third-order valence-electron chi connectivity index (χ3n) is 4.15. The molecule has 128 valence electrons. The molecule has 0 aliphatic heterocycles. The molecule has 0 fully saturated rings. The Bertz CT molecular complexity index is 550. The molecule has 0 aromatic heterocycles. The van der Waals surface area contributed by atoms with Crippen molar-refractivity contribution < 1.29 is 4.79 Å². The second kappa shape index (κ2) is 9.90. The summed E-state index contributed by atoms with van der Waals surface area (Å²) in [5.41, 5.74) is 1.46. The molecule has 0 amide bonds. The Labute approximate surface area is 147 Å². The average molecular weight is 323 g/mol. The first-order chi connectivity index (χ1) is 11.6. The molecule has 0 radical (unpaired) electrons. The van der Waals surface area contributed by atoms with E-state index < -0.39 is 5.41 Å². The van der Waals surface area contributed by atoms with Crippen LogP contribution in [0.2, 0.25) is 0 Å². The highest BCUT2D eigenvalue weighted by Crippen LogP contribution is 2.37. The maximum atomic E-state index is 13.0. The van der Waals surface area contributed by atoms with Crippen molar-refractivity contribution in [2.24, 2.45) is 0 Å². The largest absolute Gasteiger partial charge is 0.309 e. The van der Waals surface area contributed by atoms with Crippen molar-refractivity contribution in [3.05, 3.63) is 71.8 Å². The zero-order valence-corrected chi connectivity index (χ0v) is 15.6. The molecule has 0 aliphatic carbocycles. The summed E-state index contributed by atoms with van der Waals surface area (Å²) in [6.45, 7) is 6.79. The Hall–Kier alpha value is -2.11. The minimum Gasteiger partial charge on any atom is -0.309 e. The van der Waals surface area contributed by atoms with Crippen molar-refractivity contribution in [3.63, 3.8) is 0 Å². The molecule has 2 rings (SSSR count). The van der Waals surface area contributed by atoms with Gasteiger partial charge in [0.25, 0.3) is 0 Å². The molecular formula is C22H29NO. The number of carbonyl (C=O) groups is 1. The third kappa shape index (κ3) is 4.46. The number of carbonyl (C=O) groups excluding carboxylic acids is 1. The molecule has 2 aromatic carbocycles. The van der Waals surface area contributed by atoms with E-state index in [9.17, 15) is 4.79 Å². The lowest BCUT2D eigenvalue weighted by Crippen LogP contribution is -2.39. The minimum absolute atomic E-state index is 0.250. The van der Waals surface area contributed by atoms with Crippen LogP contribution in [0.15, 0.2) is 48.5 Å². The van der Waals surface area contributed by atoms with Gasteiger partial charge in [0.1, 0.15) is 5.78 Å². The lowest BCUT2D eigenvalue weighted by Gasteiger charge is -2.34. The van der Waals surface area contributed by atoms with Gasteiger partial charge >= 0.3 is 0 Å². The zero-order valence-electron chi connectivity index (χ0n) is 15.6. The molecule has 1 unspecified atom stereocenters. The standard InChI is InChI=1S/C20H23NO.C2H6/c1-4-19(22)20(15-16-21(2)3,17-11-7-5-8-12-17)18-13-9-6-10-14-18;1-2/h5,7-9,11-14H,4,15-16H2,1-3H3;1-2H3. The maximum Gasteiger partial charge on any atom is 0.147 e. The van der Waals surface area contributed by atoms with Crippen LogP contribution < -0.4 is 0 Å². The fraction of sp³-hybridized carbons (Fsp3) is 0.409. The van der Waals surface area contributed by atoms with Crippen molar-refractivity contribution in [2.75, 3.05) is 20.6 Å². The van der Waals surface area contributed by atoms with Crippen molar-refractivity contribution in [2.45, 2.75) is 39.0 Å². The van der Waals surface area contributed by atoms with Crippen molar-refractivity contribution in [1.82, 2.24) is 4.90 Å². The van der Waals surface area contributed by atoms with Gasteiger partial charge in [-0.05, 0) is 56.4 Å². The Kier molecular flexibility index (Phi) is 8.22. The highest BCUT2D eigenvalue weighted by molar-refractivity contribution is 5.93. The van der Waals surface area contributed by atoms with E-state index in [0.717, 1.165) is 24.1 Å². The fourth-order valence-electron chi connectivity index (χ4n) is 2.95. The van der Waals surface area contributed by atoms with Crippen LogP contribution in [-0.2, 0) is 10.2 Å². The number of ketones is 1. The zero-order chi connectivity index (χ0) is 18.0. The monoisotopic (exact) mass is 323 g/mol. The average Bonchev–Trinajstić information content (AvgIpc) is 2.65. The topological polar surface area (TPSA) is 20.3 Å². The van der Waals surface area contributed by atoms with Gasteiger partial charge in [-0.2, -0.15) is 0 Å². The van der Waals surface area contributed by atoms with E-state index in [4.69, 9.17) is 0 Å². The van der Waals surface area contributed by atoms with Gasteiger partial charge in [0.15, 0.2) is 0 Å². The second-order valence-electron chi connectivity index (χ2n) is 5.82. The van der Waals surface area contributed by atoms with E-state index in [1.54, 1.807) is 0 Å². The van der Waals surface area contributed by atoms with E-state index in [2.05, 4.69) is 29.2 Å². The first kappa shape index (κ1) is 19.9. The summed E-state index contributed by atoms with van der Waals surface area (Å²) in [6.07, 6.45) is 1.27. The summed E-state index contributed by atoms with van der Waals surface area (Å²) in [4.78, 5) is 15.1. The van der Waals surface area contributed by atoms with Gasteiger partial charge in [-0.3, -0.25) is 4.79 Å². The van der Waals surface area contributed by atoms with Crippen LogP contribution in [-0.4, -0.2) is 31.3 Å². The van der Waals surface area contributed by atoms with E-state index in [0.29, 0.717) is 6.42 Å². The molecule has 0 saturated carbocycles. The molecule has 2 heteroatoms. The first-order valence-electron chi connectivity index (χ1n) is 8.73. The second-order valence-corrected chi connectivity index (χ2v) is 5.82.